The molecule has 0 spiro atoms. The first kappa shape index (κ1) is 21.6. The molecular weight excluding hydrogens is 468 g/mol. The Labute approximate surface area is 186 Å². The van der Waals surface area contributed by atoms with Gasteiger partial charge in [0, 0.05) is 14.7 Å². The van der Waals surface area contributed by atoms with Crippen molar-refractivity contribution in [3.63, 3.8) is 0 Å². The fraction of sp³-hybridized carbons (Fsp3) is 0.0909. The van der Waals surface area contributed by atoms with Gasteiger partial charge in [-0.1, -0.05) is 24.3 Å². The maximum atomic E-state index is 13.0. The summed E-state index contributed by atoms with van der Waals surface area (Å²) in [5.74, 6) is -0.128. The molecule has 0 bridgehead atoms. The molecule has 154 valence electrons. The first-order valence-corrected chi connectivity index (χ1v) is 10.5. The summed E-state index contributed by atoms with van der Waals surface area (Å²) in [6, 6.07) is 15.8. The van der Waals surface area contributed by atoms with E-state index in [1.165, 1.54) is 25.6 Å². The van der Waals surface area contributed by atoms with Gasteiger partial charge >= 0.3 is 0 Å². The molecule has 0 fully saturated rings. The van der Waals surface area contributed by atoms with Crippen molar-refractivity contribution >= 4 is 56.5 Å². The van der Waals surface area contributed by atoms with E-state index < -0.39 is 11.8 Å². The molecule has 2 N–H and O–H groups in total. The van der Waals surface area contributed by atoms with Crippen molar-refractivity contribution in [2.45, 2.75) is 0 Å². The summed E-state index contributed by atoms with van der Waals surface area (Å²) in [4.78, 5) is 26.8. The first-order chi connectivity index (χ1) is 14.5. The highest BCUT2D eigenvalue weighted by Gasteiger charge is 2.21. The van der Waals surface area contributed by atoms with E-state index in [1.807, 2.05) is 11.4 Å². The molecule has 6 nitrogen and oxygen atoms in total. The van der Waals surface area contributed by atoms with E-state index in [0.29, 0.717) is 22.9 Å². The highest BCUT2D eigenvalue weighted by atomic mass is 79.9. The normalized spacial score (nSPS) is 10.1. The Morgan fingerprint density at radius 1 is 0.900 bits per heavy atom. The van der Waals surface area contributed by atoms with Crippen molar-refractivity contribution < 1.29 is 19.1 Å². The maximum absolute atomic E-state index is 13.0. The molecule has 0 aliphatic rings. The maximum Gasteiger partial charge on any atom is 0.261 e. The number of hydrogen-bond acceptors (Lipinski definition) is 5. The van der Waals surface area contributed by atoms with Gasteiger partial charge in [-0.3, -0.25) is 9.59 Å². The molecule has 0 aliphatic heterocycles. The van der Waals surface area contributed by atoms with E-state index in [-0.39, 0.29) is 5.57 Å². The van der Waals surface area contributed by atoms with E-state index in [2.05, 4.69) is 26.6 Å². The zero-order valence-corrected chi connectivity index (χ0v) is 18.7. The van der Waals surface area contributed by atoms with E-state index in [1.54, 1.807) is 54.6 Å². The van der Waals surface area contributed by atoms with Gasteiger partial charge < -0.3 is 20.1 Å². The molecule has 3 rings (SSSR count). The second-order valence-corrected chi connectivity index (χ2v) is 7.89. The molecule has 3 aromatic rings. The van der Waals surface area contributed by atoms with Crippen LogP contribution in [-0.2, 0) is 9.59 Å². The summed E-state index contributed by atoms with van der Waals surface area (Å²) < 4.78 is 11.4. The van der Waals surface area contributed by atoms with Gasteiger partial charge in [-0.15, -0.1) is 11.3 Å². The number of rotatable bonds is 7. The number of carbonyl (C=O) groups is 2. The van der Waals surface area contributed by atoms with Gasteiger partial charge in [0.25, 0.3) is 11.8 Å². The van der Waals surface area contributed by atoms with Crippen LogP contribution in [0.2, 0.25) is 0 Å². The molecular formula is C22H19BrN2O4S. The molecule has 0 unspecified atom stereocenters. The minimum atomic E-state index is -0.559. The summed E-state index contributed by atoms with van der Waals surface area (Å²) in [6.07, 6.45) is 1.55. The lowest BCUT2D eigenvalue weighted by atomic mass is 10.1. The Kier molecular flexibility index (Phi) is 7.26. The predicted octanol–water partition coefficient (Wildman–Crippen LogP) is 5.19. The molecule has 2 amide bonds. The van der Waals surface area contributed by atoms with Crippen molar-refractivity contribution in [3.05, 3.63) is 74.9 Å². The number of anilines is 2. The fourth-order valence-electron chi connectivity index (χ4n) is 2.66. The molecule has 0 radical (unpaired) electrons. The van der Waals surface area contributed by atoms with Crippen LogP contribution in [0.3, 0.4) is 0 Å². The standard InChI is InChI=1S/C22H19BrN2O4S/c1-28-19-9-5-3-7-17(19)24-21(26)16(12-15-11-14(23)13-30-15)22(27)25-18-8-4-6-10-20(18)29-2/h3-13H,1-2H3,(H,24,26)(H,25,27). The second-order valence-electron chi connectivity index (χ2n) is 6.03. The molecule has 1 aromatic heterocycles. The number of benzene rings is 2. The minimum absolute atomic E-state index is 0.0545. The third-order valence-corrected chi connectivity index (χ3v) is 5.71. The molecule has 0 atom stereocenters. The third kappa shape index (κ3) is 5.28. The van der Waals surface area contributed by atoms with Crippen LogP contribution in [-0.4, -0.2) is 26.0 Å². The van der Waals surface area contributed by atoms with Gasteiger partial charge in [-0.25, -0.2) is 0 Å². The van der Waals surface area contributed by atoms with Crippen molar-refractivity contribution in [1.82, 2.24) is 0 Å². The van der Waals surface area contributed by atoms with Crippen LogP contribution in [0.4, 0.5) is 11.4 Å². The Morgan fingerprint density at radius 3 is 1.83 bits per heavy atom. The van der Waals surface area contributed by atoms with Crippen LogP contribution >= 0.6 is 27.3 Å². The summed E-state index contributed by atoms with van der Waals surface area (Å²) in [5.41, 5.74) is 0.878. The van der Waals surface area contributed by atoms with Gasteiger partial charge in [-0.2, -0.15) is 0 Å². The molecule has 30 heavy (non-hydrogen) atoms. The monoisotopic (exact) mass is 486 g/mol. The molecule has 1 heterocycles. The Bertz CT molecular complexity index is 1030. The number of carbonyl (C=O) groups excluding carboxylic acids is 2. The lowest BCUT2D eigenvalue weighted by Gasteiger charge is -2.13. The SMILES string of the molecule is COc1ccccc1NC(=O)C(=Cc1cc(Br)cs1)C(=O)Nc1ccccc1OC. The minimum Gasteiger partial charge on any atom is -0.495 e. The number of thiophene rings is 1. The smallest absolute Gasteiger partial charge is 0.261 e. The number of halogens is 1. The van der Waals surface area contributed by atoms with Crippen LogP contribution in [0, 0.1) is 0 Å². The van der Waals surface area contributed by atoms with Crippen molar-refractivity contribution in [2.24, 2.45) is 0 Å². The Balaban J connectivity index is 1.93. The molecule has 8 heteroatoms. The lowest BCUT2D eigenvalue weighted by Crippen LogP contribution is -2.25. The van der Waals surface area contributed by atoms with Crippen molar-refractivity contribution in [3.8, 4) is 11.5 Å². The lowest BCUT2D eigenvalue weighted by molar-refractivity contribution is -0.118. The summed E-state index contributed by atoms with van der Waals surface area (Å²) in [6.45, 7) is 0. The fourth-order valence-corrected chi connectivity index (χ4v) is 4.03. The van der Waals surface area contributed by atoms with Gasteiger partial charge in [0.2, 0.25) is 0 Å². The topological polar surface area (TPSA) is 76.7 Å². The Morgan fingerprint density at radius 2 is 1.40 bits per heavy atom. The number of ether oxygens (including phenoxy) is 2. The van der Waals surface area contributed by atoms with Crippen LogP contribution in [0.5, 0.6) is 11.5 Å². The van der Waals surface area contributed by atoms with Gasteiger partial charge in [0.15, 0.2) is 0 Å². The average molecular weight is 487 g/mol. The molecule has 0 saturated heterocycles. The van der Waals surface area contributed by atoms with E-state index in [0.717, 1.165) is 9.35 Å². The quantitative estimate of drug-likeness (QED) is 0.273. The average Bonchev–Trinajstić information content (AvgIpc) is 3.17. The molecule has 0 saturated carbocycles. The molecule has 0 aliphatic carbocycles. The van der Waals surface area contributed by atoms with Gasteiger partial charge in [-0.05, 0) is 52.3 Å². The predicted molar refractivity (Wildman–Crippen MR) is 123 cm³/mol. The van der Waals surface area contributed by atoms with Gasteiger partial charge in [0.1, 0.15) is 17.1 Å². The number of hydrogen-bond donors (Lipinski definition) is 2. The van der Waals surface area contributed by atoms with Crippen molar-refractivity contribution in [1.29, 1.82) is 0 Å². The Hall–Kier alpha value is -3.10. The summed E-state index contributed by atoms with van der Waals surface area (Å²) in [7, 11) is 3.03. The van der Waals surface area contributed by atoms with E-state index in [9.17, 15) is 9.59 Å². The summed E-state index contributed by atoms with van der Waals surface area (Å²) in [5, 5.41) is 7.38. The van der Waals surface area contributed by atoms with Crippen LogP contribution in [0.15, 0.2) is 70.0 Å². The molecule has 2 aromatic carbocycles. The number of amides is 2. The van der Waals surface area contributed by atoms with Crippen molar-refractivity contribution in [2.75, 3.05) is 24.9 Å². The van der Waals surface area contributed by atoms with Gasteiger partial charge in [0.05, 0.1) is 25.6 Å². The number of nitrogens with one attached hydrogen (secondary N) is 2. The highest BCUT2D eigenvalue weighted by Crippen LogP contribution is 2.27. The van der Waals surface area contributed by atoms with Crippen LogP contribution in [0.1, 0.15) is 4.88 Å². The number of para-hydroxylation sites is 4. The summed E-state index contributed by atoms with van der Waals surface area (Å²) >= 11 is 4.80. The first-order valence-electron chi connectivity index (χ1n) is 8.86. The largest absolute Gasteiger partial charge is 0.495 e. The van der Waals surface area contributed by atoms with Crippen LogP contribution in [0.25, 0.3) is 6.08 Å². The zero-order valence-electron chi connectivity index (χ0n) is 16.3. The van der Waals surface area contributed by atoms with E-state index in [4.69, 9.17) is 9.47 Å². The van der Waals surface area contributed by atoms with E-state index >= 15 is 0 Å². The third-order valence-electron chi connectivity index (χ3n) is 4.07. The number of methoxy groups -OCH3 is 2. The second kappa shape index (κ2) is 10.1. The van der Waals surface area contributed by atoms with Crippen LogP contribution < -0.4 is 20.1 Å². The zero-order chi connectivity index (χ0) is 21.5. The highest BCUT2D eigenvalue weighted by molar-refractivity contribution is 9.10.